The first-order valence-electron chi connectivity index (χ1n) is 5.87. The van der Waals surface area contributed by atoms with Gasteiger partial charge in [0.05, 0.1) is 12.2 Å². The van der Waals surface area contributed by atoms with Crippen LogP contribution in [0.2, 0.25) is 0 Å². The number of aromatic nitrogens is 1. The third kappa shape index (κ3) is 3.15. The van der Waals surface area contributed by atoms with Crippen LogP contribution in [0.15, 0.2) is 18.3 Å². The van der Waals surface area contributed by atoms with Crippen LogP contribution in [0.3, 0.4) is 0 Å². The summed E-state index contributed by atoms with van der Waals surface area (Å²) >= 11 is 0. The van der Waals surface area contributed by atoms with Crippen LogP contribution in [0.1, 0.15) is 19.4 Å². The minimum Gasteiger partial charge on any atom is -0.373 e. The van der Waals surface area contributed by atoms with Crippen molar-refractivity contribution in [3.63, 3.8) is 0 Å². The van der Waals surface area contributed by atoms with Crippen molar-refractivity contribution in [1.82, 2.24) is 9.88 Å². The molecule has 3 N–H and O–H groups in total. The maximum absolute atomic E-state index is 5.69. The summed E-state index contributed by atoms with van der Waals surface area (Å²) in [6, 6.07) is 3.98. The molecule has 1 fully saturated rings. The van der Waals surface area contributed by atoms with Gasteiger partial charge in [0.2, 0.25) is 0 Å². The highest BCUT2D eigenvalue weighted by atomic mass is 16.5. The first kappa shape index (κ1) is 12.3. The summed E-state index contributed by atoms with van der Waals surface area (Å²) < 4.78 is 5.69. The van der Waals surface area contributed by atoms with Gasteiger partial charge in [-0.05, 0) is 19.9 Å². The van der Waals surface area contributed by atoms with Crippen molar-refractivity contribution in [2.45, 2.75) is 26.0 Å². The molecule has 1 saturated heterocycles. The summed E-state index contributed by atoms with van der Waals surface area (Å²) in [5, 5.41) is 0. The molecule has 0 aromatic carbocycles. The average molecular weight is 236 g/mol. The van der Waals surface area contributed by atoms with Gasteiger partial charge in [0.15, 0.2) is 0 Å². The monoisotopic (exact) mass is 236 g/mol. The summed E-state index contributed by atoms with van der Waals surface area (Å²) in [7, 11) is 0. The first-order chi connectivity index (χ1) is 8.11. The number of ether oxygens (including phenoxy) is 1. The predicted molar refractivity (Wildman–Crippen MR) is 67.4 cm³/mol. The number of rotatable bonds is 3. The van der Waals surface area contributed by atoms with Gasteiger partial charge >= 0.3 is 0 Å². The van der Waals surface area contributed by atoms with Crippen LogP contribution >= 0.6 is 0 Å². The number of hydrogen-bond donors (Lipinski definition) is 2. The summed E-state index contributed by atoms with van der Waals surface area (Å²) in [5.74, 6) is 6.20. The maximum Gasteiger partial charge on any atom is 0.144 e. The molecule has 1 aliphatic rings. The Morgan fingerprint density at radius 3 is 3.12 bits per heavy atom. The van der Waals surface area contributed by atoms with Crippen molar-refractivity contribution in [2.24, 2.45) is 5.84 Å². The third-order valence-electron chi connectivity index (χ3n) is 2.93. The minimum absolute atomic E-state index is 0.0727. The van der Waals surface area contributed by atoms with Crippen LogP contribution in [0.4, 0.5) is 5.82 Å². The van der Waals surface area contributed by atoms with Crippen LogP contribution in [0.5, 0.6) is 0 Å². The number of hydrazine groups is 1. The number of nitrogen functional groups attached to an aromatic ring is 1. The van der Waals surface area contributed by atoms with E-state index in [0.29, 0.717) is 0 Å². The Morgan fingerprint density at radius 2 is 2.41 bits per heavy atom. The number of nitrogens with two attached hydrogens (primary N) is 1. The van der Waals surface area contributed by atoms with E-state index >= 15 is 0 Å². The van der Waals surface area contributed by atoms with Crippen molar-refractivity contribution in [1.29, 1.82) is 0 Å². The van der Waals surface area contributed by atoms with Gasteiger partial charge in [-0.3, -0.25) is 4.90 Å². The van der Waals surface area contributed by atoms with Crippen LogP contribution in [0, 0.1) is 0 Å². The minimum atomic E-state index is -0.0727. The second-order valence-electron chi connectivity index (χ2n) is 4.97. The zero-order chi connectivity index (χ0) is 12.3. The second-order valence-corrected chi connectivity index (χ2v) is 4.97. The standard InChI is InChI=1S/C12H20N4O/c1-12(2)9-16(6-7-17-12)8-10-4-3-5-14-11(10)15-13/h3-5H,6-9,13H2,1-2H3,(H,14,15). The third-order valence-corrected chi connectivity index (χ3v) is 2.93. The molecule has 1 aromatic heterocycles. The molecule has 0 amide bonds. The maximum atomic E-state index is 5.69. The topological polar surface area (TPSA) is 63.4 Å². The van der Waals surface area contributed by atoms with Crippen molar-refractivity contribution >= 4 is 5.82 Å². The Labute approximate surface area is 102 Å². The van der Waals surface area contributed by atoms with Crippen molar-refractivity contribution < 1.29 is 4.74 Å². The Hall–Kier alpha value is -1.17. The van der Waals surface area contributed by atoms with E-state index in [9.17, 15) is 0 Å². The molecule has 17 heavy (non-hydrogen) atoms. The van der Waals surface area contributed by atoms with Gasteiger partial charge in [-0.15, -0.1) is 0 Å². The number of morpholine rings is 1. The Morgan fingerprint density at radius 1 is 1.59 bits per heavy atom. The van der Waals surface area contributed by atoms with Gasteiger partial charge in [0, 0.05) is 31.4 Å². The summed E-state index contributed by atoms with van der Waals surface area (Å²) in [5.41, 5.74) is 3.68. The normalized spacial score (nSPS) is 20.2. The predicted octanol–water partition coefficient (Wildman–Crippen LogP) is 0.978. The van der Waals surface area contributed by atoms with E-state index in [4.69, 9.17) is 10.6 Å². The second kappa shape index (κ2) is 5.00. The number of anilines is 1. The fraction of sp³-hybridized carbons (Fsp3) is 0.583. The van der Waals surface area contributed by atoms with E-state index in [-0.39, 0.29) is 5.60 Å². The largest absolute Gasteiger partial charge is 0.373 e. The lowest BCUT2D eigenvalue weighted by Gasteiger charge is -2.38. The smallest absolute Gasteiger partial charge is 0.144 e. The molecule has 1 aliphatic heterocycles. The molecule has 2 heterocycles. The molecule has 1 aromatic rings. The van der Waals surface area contributed by atoms with Gasteiger partial charge in [-0.2, -0.15) is 0 Å². The van der Waals surface area contributed by atoms with Crippen LogP contribution in [-0.4, -0.2) is 35.2 Å². The average Bonchev–Trinajstić information content (AvgIpc) is 2.28. The van der Waals surface area contributed by atoms with E-state index in [1.54, 1.807) is 6.20 Å². The lowest BCUT2D eigenvalue weighted by molar-refractivity contribution is -0.0882. The molecule has 2 rings (SSSR count). The molecule has 0 atom stereocenters. The summed E-state index contributed by atoms with van der Waals surface area (Å²) in [4.78, 5) is 6.57. The zero-order valence-corrected chi connectivity index (χ0v) is 10.4. The number of pyridine rings is 1. The van der Waals surface area contributed by atoms with Gasteiger partial charge in [-0.1, -0.05) is 6.07 Å². The first-order valence-corrected chi connectivity index (χ1v) is 5.87. The van der Waals surface area contributed by atoms with Crippen LogP contribution in [0.25, 0.3) is 0 Å². The van der Waals surface area contributed by atoms with Gasteiger partial charge in [-0.25, -0.2) is 10.8 Å². The van der Waals surface area contributed by atoms with Crippen molar-refractivity contribution in [2.75, 3.05) is 25.1 Å². The fourth-order valence-corrected chi connectivity index (χ4v) is 2.19. The van der Waals surface area contributed by atoms with Gasteiger partial charge < -0.3 is 10.2 Å². The van der Waals surface area contributed by atoms with Crippen LogP contribution in [-0.2, 0) is 11.3 Å². The molecule has 94 valence electrons. The van der Waals surface area contributed by atoms with Gasteiger partial charge in [0.25, 0.3) is 0 Å². The lowest BCUT2D eigenvalue weighted by atomic mass is 10.1. The van der Waals surface area contributed by atoms with Crippen molar-refractivity contribution in [3.8, 4) is 0 Å². The Balaban J connectivity index is 2.05. The fourth-order valence-electron chi connectivity index (χ4n) is 2.19. The van der Waals surface area contributed by atoms with E-state index in [1.165, 1.54) is 0 Å². The summed E-state index contributed by atoms with van der Waals surface area (Å²) in [6.45, 7) is 7.72. The number of nitrogens with one attached hydrogen (secondary N) is 1. The highest BCUT2D eigenvalue weighted by molar-refractivity contribution is 5.42. The van der Waals surface area contributed by atoms with Crippen molar-refractivity contribution in [3.05, 3.63) is 23.9 Å². The summed E-state index contributed by atoms with van der Waals surface area (Å²) in [6.07, 6.45) is 1.74. The molecule has 5 nitrogen and oxygen atoms in total. The number of nitrogens with zero attached hydrogens (tertiary/aromatic N) is 2. The SMILES string of the molecule is CC1(C)CN(Cc2cccnc2NN)CCO1. The molecule has 0 spiro atoms. The van der Waals surface area contributed by atoms with Gasteiger partial charge in [0.1, 0.15) is 5.82 Å². The highest BCUT2D eigenvalue weighted by Crippen LogP contribution is 2.20. The highest BCUT2D eigenvalue weighted by Gasteiger charge is 2.27. The molecule has 0 bridgehead atoms. The molecule has 0 unspecified atom stereocenters. The molecular weight excluding hydrogens is 216 g/mol. The number of hydrogen-bond acceptors (Lipinski definition) is 5. The molecule has 0 radical (unpaired) electrons. The lowest BCUT2D eigenvalue weighted by Crippen LogP contribution is -2.47. The zero-order valence-electron chi connectivity index (χ0n) is 10.4. The molecule has 0 saturated carbocycles. The van der Waals surface area contributed by atoms with E-state index in [0.717, 1.165) is 37.6 Å². The Kier molecular flexibility index (Phi) is 3.61. The quantitative estimate of drug-likeness (QED) is 0.605. The van der Waals surface area contributed by atoms with Crippen LogP contribution < -0.4 is 11.3 Å². The molecule has 5 heteroatoms. The molecular formula is C12H20N4O. The van der Waals surface area contributed by atoms with E-state index < -0.39 is 0 Å². The molecule has 0 aliphatic carbocycles. The van der Waals surface area contributed by atoms with E-state index in [1.807, 2.05) is 12.1 Å². The van der Waals surface area contributed by atoms with E-state index in [2.05, 4.69) is 29.2 Å². The Bertz CT molecular complexity index is 381.